The quantitative estimate of drug-likeness (QED) is 0.809. The van der Waals surface area contributed by atoms with Crippen LogP contribution in [-0.2, 0) is 10.0 Å². The van der Waals surface area contributed by atoms with Gasteiger partial charge in [0.25, 0.3) is 0 Å². The van der Waals surface area contributed by atoms with Gasteiger partial charge in [-0.15, -0.1) is 0 Å². The van der Waals surface area contributed by atoms with E-state index >= 15 is 0 Å². The van der Waals surface area contributed by atoms with Gasteiger partial charge in [-0.1, -0.05) is 22.0 Å². The Labute approximate surface area is 115 Å². The average Bonchev–Trinajstić information content (AvgIpc) is 2.38. The maximum absolute atomic E-state index is 12.4. The number of pyridine rings is 1. The highest BCUT2D eigenvalue weighted by Crippen LogP contribution is 2.23. The van der Waals surface area contributed by atoms with E-state index in [1.807, 2.05) is 0 Å². The predicted octanol–water partition coefficient (Wildman–Crippen LogP) is 2.25. The molecule has 0 atom stereocenters. The van der Waals surface area contributed by atoms with Crippen molar-refractivity contribution >= 4 is 36.9 Å². The Kier molecular flexibility index (Phi) is 3.99. The van der Waals surface area contributed by atoms with Crippen LogP contribution in [0.4, 0.5) is 0 Å². The van der Waals surface area contributed by atoms with Crippen molar-refractivity contribution in [2.75, 3.05) is 18.9 Å². The highest BCUT2D eigenvalue weighted by molar-refractivity contribution is 9.09. The molecule has 0 N–H and O–H groups in total. The number of rotatable bonds is 4. The minimum absolute atomic E-state index is 0.302. The summed E-state index contributed by atoms with van der Waals surface area (Å²) in [5.74, 6) is 0. The molecule has 96 valence electrons. The Balaban J connectivity index is 2.61. The molecule has 0 saturated carbocycles. The first-order chi connectivity index (χ1) is 8.57. The molecular formula is C12H13BrN2O2S. The maximum atomic E-state index is 12.4. The summed E-state index contributed by atoms with van der Waals surface area (Å²) in [6.45, 7) is 0.430. The molecule has 0 saturated heterocycles. The van der Waals surface area contributed by atoms with Crippen LogP contribution in [0, 0.1) is 0 Å². The van der Waals surface area contributed by atoms with E-state index in [2.05, 4.69) is 20.9 Å². The molecule has 6 heteroatoms. The van der Waals surface area contributed by atoms with E-state index in [9.17, 15) is 8.42 Å². The lowest BCUT2D eigenvalue weighted by Crippen LogP contribution is -2.28. The third-order valence-electron chi connectivity index (χ3n) is 2.69. The van der Waals surface area contributed by atoms with E-state index in [0.717, 1.165) is 0 Å². The molecule has 1 aromatic carbocycles. The van der Waals surface area contributed by atoms with Gasteiger partial charge in [-0.25, -0.2) is 12.7 Å². The zero-order valence-electron chi connectivity index (χ0n) is 9.88. The van der Waals surface area contributed by atoms with Crippen molar-refractivity contribution in [1.82, 2.24) is 9.29 Å². The van der Waals surface area contributed by atoms with Gasteiger partial charge >= 0.3 is 0 Å². The van der Waals surface area contributed by atoms with E-state index < -0.39 is 10.0 Å². The topological polar surface area (TPSA) is 50.3 Å². The number of benzene rings is 1. The Morgan fingerprint density at radius 1 is 1.28 bits per heavy atom. The minimum Gasteiger partial charge on any atom is -0.256 e. The molecule has 0 aliphatic heterocycles. The number of hydrogen-bond acceptors (Lipinski definition) is 3. The summed E-state index contributed by atoms with van der Waals surface area (Å²) in [7, 11) is -1.89. The molecule has 0 aliphatic carbocycles. The average molecular weight is 329 g/mol. The smallest absolute Gasteiger partial charge is 0.243 e. The first-order valence-corrected chi connectivity index (χ1v) is 7.99. The Hall–Kier alpha value is -0.980. The number of nitrogens with zero attached hydrogens (tertiary/aromatic N) is 2. The summed E-state index contributed by atoms with van der Waals surface area (Å²) >= 11 is 3.25. The van der Waals surface area contributed by atoms with Crippen LogP contribution in [0.2, 0.25) is 0 Å². The van der Waals surface area contributed by atoms with E-state index in [1.165, 1.54) is 4.31 Å². The molecule has 2 rings (SSSR count). The fourth-order valence-corrected chi connectivity index (χ4v) is 3.84. The van der Waals surface area contributed by atoms with Crippen LogP contribution in [0.15, 0.2) is 41.4 Å². The van der Waals surface area contributed by atoms with E-state index in [4.69, 9.17) is 0 Å². The summed E-state index contributed by atoms with van der Waals surface area (Å²) in [5.41, 5.74) is 0.686. The zero-order chi connectivity index (χ0) is 13.2. The highest BCUT2D eigenvalue weighted by atomic mass is 79.9. The van der Waals surface area contributed by atoms with Crippen molar-refractivity contribution in [2.24, 2.45) is 0 Å². The Morgan fingerprint density at radius 2 is 2.06 bits per heavy atom. The van der Waals surface area contributed by atoms with Crippen LogP contribution in [0.5, 0.6) is 0 Å². The van der Waals surface area contributed by atoms with Crippen LogP contribution in [0.1, 0.15) is 0 Å². The number of halogens is 1. The molecule has 0 radical (unpaired) electrons. The van der Waals surface area contributed by atoms with E-state index in [1.54, 1.807) is 43.6 Å². The minimum atomic E-state index is -3.46. The van der Waals surface area contributed by atoms with Gasteiger partial charge in [0.05, 0.1) is 10.4 Å². The molecule has 4 nitrogen and oxygen atoms in total. The molecule has 2 aromatic rings. The van der Waals surface area contributed by atoms with Crippen molar-refractivity contribution in [1.29, 1.82) is 0 Å². The summed E-state index contributed by atoms with van der Waals surface area (Å²) in [6.07, 6.45) is 1.65. The van der Waals surface area contributed by atoms with Crippen LogP contribution in [0.25, 0.3) is 10.9 Å². The first-order valence-electron chi connectivity index (χ1n) is 5.43. The van der Waals surface area contributed by atoms with Gasteiger partial charge in [0, 0.05) is 30.5 Å². The second kappa shape index (κ2) is 5.34. The van der Waals surface area contributed by atoms with Crippen molar-refractivity contribution < 1.29 is 8.42 Å². The normalized spacial score (nSPS) is 12.2. The van der Waals surface area contributed by atoms with Crippen molar-refractivity contribution in [3.8, 4) is 0 Å². The third-order valence-corrected chi connectivity index (χ3v) is 4.96. The predicted molar refractivity (Wildman–Crippen MR) is 75.4 cm³/mol. The molecule has 0 bridgehead atoms. The largest absolute Gasteiger partial charge is 0.256 e. The SMILES string of the molecule is CN(CCBr)S(=O)(=O)c1cccc2ncccc12. The molecule has 0 fully saturated rings. The van der Waals surface area contributed by atoms with Crippen molar-refractivity contribution in [3.63, 3.8) is 0 Å². The van der Waals surface area contributed by atoms with Gasteiger partial charge in [-0.3, -0.25) is 4.98 Å². The lowest BCUT2D eigenvalue weighted by Gasteiger charge is -2.16. The first kappa shape index (κ1) is 13.5. The van der Waals surface area contributed by atoms with Gasteiger partial charge in [0.2, 0.25) is 10.0 Å². The van der Waals surface area contributed by atoms with Gasteiger partial charge in [0.15, 0.2) is 0 Å². The Bertz CT molecular complexity index is 653. The van der Waals surface area contributed by atoms with Crippen LogP contribution in [-0.4, -0.2) is 36.6 Å². The second-order valence-corrected chi connectivity index (χ2v) is 6.65. The standard InChI is InChI=1S/C12H13BrN2O2S/c1-15(9-7-13)18(16,17)12-6-2-5-11-10(12)4-3-8-14-11/h2-6,8H,7,9H2,1H3. The van der Waals surface area contributed by atoms with Gasteiger partial charge in [-0.05, 0) is 24.3 Å². The number of alkyl halides is 1. The number of hydrogen-bond donors (Lipinski definition) is 0. The molecule has 0 aliphatic rings. The van der Waals surface area contributed by atoms with Crippen LogP contribution >= 0.6 is 15.9 Å². The zero-order valence-corrected chi connectivity index (χ0v) is 12.3. The van der Waals surface area contributed by atoms with Crippen molar-refractivity contribution in [2.45, 2.75) is 4.90 Å². The lowest BCUT2D eigenvalue weighted by atomic mass is 10.2. The molecular weight excluding hydrogens is 316 g/mol. The number of fused-ring (bicyclic) bond motifs is 1. The summed E-state index contributed by atoms with van der Waals surface area (Å²) in [4.78, 5) is 4.47. The van der Waals surface area contributed by atoms with Crippen LogP contribution < -0.4 is 0 Å². The lowest BCUT2D eigenvalue weighted by molar-refractivity contribution is 0.490. The van der Waals surface area contributed by atoms with E-state index in [0.29, 0.717) is 27.7 Å². The van der Waals surface area contributed by atoms with E-state index in [-0.39, 0.29) is 0 Å². The number of aromatic nitrogens is 1. The van der Waals surface area contributed by atoms with Crippen LogP contribution in [0.3, 0.4) is 0 Å². The summed E-state index contributed by atoms with van der Waals surface area (Å²) in [6, 6.07) is 8.65. The van der Waals surface area contributed by atoms with Gasteiger partial charge < -0.3 is 0 Å². The summed E-state index contributed by atoms with van der Waals surface area (Å²) < 4.78 is 26.2. The maximum Gasteiger partial charge on any atom is 0.243 e. The summed E-state index contributed by atoms with van der Waals surface area (Å²) in [5, 5.41) is 1.26. The fraction of sp³-hybridized carbons (Fsp3) is 0.250. The second-order valence-electron chi connectivity index (χ2n) is 3.84. The third kappa shape index (κ3) is 2.41. The van der Waals surface area contributed by atoms with Gasteiger partial charge in [0.1, 0.15) is 0 Å². The Morgan fingerprint density at radius 3 is 2.78 bits per heavy atom. The molecule has 18 heavy (non-hydrogen) atoms. The highest BCUT2D eigenvalue weighted by Gasteiger charge is 2.22. The monoisotopic (exact) mass is 328 g/mol. The molecule has 1 aromatic heterocycles. The fourth-order valence-electron chi connectivity index (χ4n) is 1.71. The molecule has 0 amide bonds. The molecule has 0 unspecified atom stereocenters. The molecule has 1 heterocycles. The number of sulfonamides is 1. The molecule has 0 spiro atoms. The van der Waals surface area contributed by atoms with Gasteiger partial charge in [-0.2, -0.15) is 0 Å². The van der Waals surface area contributed by atoms with Crippen molar-refractivity contribution in [3.05, 3.63) is 36.5 Å².